The minimum Gasteiger partial charge on any atom is -0.456 e. The molecular formula is C51H31N3OS2. The van der Waals surface area contributed by atoms with Gasteiger partial charge >= 0.3 is 0 Å². The molecule has 1 aliphatic heterocycles. The molecule has 1 aliphatic carbocycles. The van der Waals surface area contributed by atoms with Crippen LogP contribution in [-0.2, 0) is 5.41 Å². The highest BCUT2D eigenvalue weighted by Crippen LogP contribution is 2.67. The maximum atomic E-state index is 6.32. The van der Waals surface area contributed by atoms with Crippen LogP contribution in [0, 0.1) is 0 Å². The third-order valence-electron chi connectivity index (χ3n) is 12.4. The second kappa shape index (κ2) is 11.5. The molecule has 4 nitrogen and oxygen atoms in total. The van der Waals surface area contributed by atoms with Crippen LogP contribution in [-0.4, -0.2) is 14.5 Å². The largest absolute Gasteiger partial charge is 0.456 e. The lowest BCUT2D eigenvalue weighted by atomic mass is 9.66. The lowest BCUT2D eigenvalue weighted by molar-refractivity contribution is 0.557. The summed E-state index contributed by atoms with van der Waals surface area (Å²) in [4.78, 5) is 13.2. The summed E-state index contributed by atoms with van der Waals surface area (Å²) >= 11 is 3.74. The highest BCUT2D eigenvalue weighted by molar-refractivity contribution is 8.00. The highest BCUT2D eigenvalue weighted by atomic mass is 32.2. The van der Waals surface area contributed by atoms with Crippen molar-refractivity contribution in [1.82, 2.24) is 14.5 Å². The molecule has 11 aromatic rings. The first kappa shape index (κ1) is 31.7. The highest BCUT2D eigenvalue weighted by Gasteiger charge is 2.52. The Morgan fingerprint density at radius 2 is 1.33 bits per heavy atom. The zero-order valence-electron chi connectivity index (χ0n) is 30.7. The van der Waals surface area contributed by atoms with Crippen LogP contribution < -0.4 is 0 Å². The molecule has 4 aromatic heterocycles. The fraction of sp³-hybridized carbons (Fsp3) is 0.0588. The van der Waals surface area contributed by atoms with Crippen molar-refractivity contribution in [2.45, 2.75) is 22.5 Å². The number of para-hydroxylation sites is 2. The van der Waals surface area contributed by atoms with Gasteiger partial charge in [-0.05, 0) is 60.5 Å². The molecule has 13 rings (SSSR count). The van der Waals surface area contributed by atoms with E-state index in [-0.39, 0.29) is 10.7 Å². The van der Waals surface area contributed by atoms with Crippen molar-refractivity contribution in [3.05, 3.63) is 180 Å². The summed E-state index contributed by atoms with van der Waals surface area (Å²) in [5.41, 5.74) is 13.6. The Kier molecular flexibility index (Phi) is 6.42. The summed E-state index contributed by atoms with van der Waals surface area (Å²) in [6.45, 7) is 2.46. The van der Waals surface area contributed by atoms with Gasteiger partial charge in [0.05, 0.1) is 22.2 Å². The maximum absolute atomic E-state index is 6.32. The summed E-state index contributed by atoms with van der Waals surface area (Å²) < 4.78 is 10.0. The van der Waals surface area contributed by atoms with Crippen molar-refractivity contribution in [3.8, 4) is 39.6 Å². The molecule has 2 aliphatic rings. The van der Waals surface area contributed by atoms with Crippen LogP contribution in [0.3, 0.4) is 0 Å². The summed E-state index contributed by atoms with van der Waals surface area (Å²) in [7, 11) is 0. The van der Waals surface area contributed by atoms with Gasteiger partial charge in [-0.3, -0.25) is 0 Å². The Bertz CT molecular complexity index is 3500. The third kappa shape index (κ3) is 4.24. The van der Waals surface area contributed by atoms with Crippen molar-refractivity contribution in [1.29, 1.82) is 0 Å². The van der Waals surface area contributed by atoms with Gasteiger partial charge in [0.15, 0.2) is 5.82 Å². The van der Waals surface area contributed by atoms with E-state index in [9.17, 15) is 0 Å². The number of aromatic nitrogens is 3. The van der Waals surface area contributed by atoms with Crippen molar-refractivity contribution in [2.75, 3.05) is 0 Å². The summed E-state index contributed by atoms with van der Waals surface area (Å²) in [6.07, 6.45) is 0. The Morgan fingerprint density at radius 3 is 2.26 bits per heavy atom. The molecule has 0 saturated carbocycles. The smallest absolute Gasteiger partial charge is 0.162 e. The number of fused-ring (bicyclic) bond motifs is 16. The fourth-order valence-corrected chi connectivity index (χ4v) is 12.7. The first-order valence-electron chi connectivity index (χ1n) is 19.4. The van der Waals surface area contributed by atoms with Gasteiger partial charge in [-0.1, -0.05) is 121 Å². The second-order valence-electron chi connectivity index (χ2n) is 15.4. The normalized spacial score (nSPS) is 17.0. The molecule has 57 heavy (non-hydrogen) atoms. The van der Waals surface area contributed by atoms with Crippen LogP contribution in [0.1, 0.15) is 28.9 Å². The first-order valence-corrected chi connectivity index (χ1v) is 21.0. The van der Waals surface area contributed by atoms with Gasteiger partial charge < -0.3 is 8.98 Å². The average molecular weight is 766 g/mol. The van der Waals surface area contributed by atoms with E-state index >= 15 is 0 Å². The van der Waals surface area contributed by atoms with Crippen molar-refractivity contribution in [3.63, 3.8) is 0 Å². The van der Waals surface area contributed by atoms with Gasteiger partial charge in [0, 0.05) is 69.9 Å². The van der Waals surface area contributed by atoms with Gasteiger partial charge in [-0.2, -0.15) is 0 Å². The summed E-state index contributed by atoms with van der Waals surface area (Å²) in [5, 5.41) is 5.90. The quantitative estimate of drug-likeness (QED) is 0.180. The molecule has 0 N–H and O–H groups in total. The number of hydrogen-bond acceptors (Lipinski definition) is 5. The molecule has 0 bridgehead atoms. The lowest BCUT2D eigenvalue weighted by Crippen LogP contribution is -2.31. The van der Waals surface area contributed by atoms with E-state index in [1.165, 1.54) is 53.8 Å². The van der Waals surface area contributed by atoms with Crippen molar-refractivity contribution in [2.24, 2.45) is 0 Å². The van der Waals surface area contributed by atoms with Gasteiger partial charge in [-0.25, -0.2) is 9.97 Å². The van der Waals surface area contributed by atoms with Crippen molar-refractivity contribution < 1.29 is 4.42 Å². The van der Waals surface area contributed by atoms with Crippen LogP contribution in [0.5, 0.6) is 0 Å². The standard InChI is InChI=1S/C51H31N3OS2/c1-51-36-21-6-2-16-31(36)47-45(48(51)56-42-27-11-7-22-37(42)51)32-17-3-8-23-38(32)54(47)30-15-12-14-29(28-30)46-44-34-19-5-10-26-41(34)57-50(44)53-49(52-46)35-20-13-25-40-43(35)33-18-4-9-24-39(33)55-40/h2-28,48H,1H3. The molecule has 2 atom stereocenters. The molecule has 6 heteroatoms. The minimum atomic E-state index is -0.159. The number of thioether (sulfide) groups is 1. The fourth-order valence-electron chi connectivity index (χ4n) is 9.93. The van der Waals surface area contributed by atoms with E-state index in [4.69, 9.17) is 14.4 Å². The van der Waals surface area contributed by atoms with Crippen LogP contribution in [0.4, 0.5) is 0 Å². The molecule has 268 valence electrons. The molecule has 5 heterocycles. The molecule has 0 radical (unpaired) electrons. The molecular weight excluding hydrogens is 735 g/mol. The monoisotopic (exact) mass is 765 g/mol. The van der Waals surface area contributed by atoms with Gasteiger partial charge in [0.25, 0.3) is 0 Å². The number of benzene rings is 7. The number of nitrogens with zero attached hydrogens (tertiary/aromatic N) is 3. The lowest BCUT2D eigenvalue weighted by Gasteiger charge is -2.39. The maximum Gasteiger partial charge on any atom is 0.162 e. The van der Waals surface area contributed by atoms with E-state index in [1.807, 2.05) is 36.0 Å². The average Bonchev–Trinajstić information content (AvgIpc) is 4.01. The van der Waals surface area contributed by atoms with E-state index in [2.05, 4.69) is 151 Å². The predicted molar refractivity (Wildman–Crippen MR) is 237 cm³/mol. The van der Waals surface area contributed by atoms with Crippen molar-refractivity contribution >= 4 is 76.2 Å². The minimum absolute atomic E-state index is 0.159. The number of hydrogen-bond donors (Lipinski definition) is 0. The molecule has 7 aromatic carbocycles. The Labute approximate surface area is 336 Å². The third-order valence-corrected chi connectivity index (χ3v) is 15.0. The topological polar surface area (TPSA) is 43.9 Å². The molecule has 0 fully saturated rings. The van der Waals surface area contributed by atoms with E-state index in [0.717, 1.165) is 54.7 Å². The Morgan fingerprint density at radius 1 is 0.614 bits per heavy atom. The van der Waals surface area contributed by atoms with Crippen LogP contribution in [0.15, 0.2) is 173 Å². The number of thiophene rings is 1. The molecule has 2 unspecified atom stereocenters. The summed E-state index contributed by atoms with van der Waals surface area (Å²) in [5.74, 6) is 0.696. The number of furan rings is 1. The molecule has 0 spiro atoms. The van der Waals surface area contributed by atoms with Crippen LogP contribution >= 0.6 is 23.1 Å². The second-order valence-corrected chi connectivity index (χ2v) is 17.5. The number of rotatable bonds is 3. The Balaban J connectivity index is 1.08. The summed E-state index contributed by atoms with van der Waals surface area (Å²) in [6, 6.07) is 59.1. The zero-order chi connectivity index (χ0) is 37.4. The first-order chi connectivity index (χ1) is 28.1. The van der Waals surface area contributed by atoms with Gasteiger partial charge in [0.2, 0.25) is 0 Å². The van der Waals surface area contributed by atoms with E-state index in [1.54, 1.807) is 11.3 Å². The van der Waals surface area contributed by atoms with Gasteiger partial charge in [-0.15, -0.1) is 23.1 Å². The molecule has 0 amide bonds. The van der Waals surface area contributed by atoms with Crippen LogP contribution in [0.25, 0.3) is 92.7 Å². The SMILES string of the molecule is CC12c3ccccc3SC1c1c(n(-c3cccc(-c4nc(-c5cccc6oc7ccccc7c56)nc5sc6ccccc6c45)c3)c3ccccc13)-c1ccccc12. The Hall–Kier alpha value is -6.47. The zero-order valence-corrected chi connectivity index (χ0v) is 32.4. The van der Waals surface area contributed by atoms with E-state index in [0.29, 0.717) is 5.82 Å². The van der Waals surface area contributed by atoms with E-state index < -0.39 is 0 Å². The predicted octanol–water partition coefficient (Wildman–Crippen LogP) is 14.2. The van der Waals surface area contributed by atoms with Crippen LogP contribution in [0.2, 0.25) is 0 Å². The van der Waals surface area contributed by atoms with Gasteiger partial charge in [0.1, 0.15) is 16.0 Å². The molecule has 0 saturated heterocycles.